The number of anilines is 1. The summed E-state index contributed by atoms with van der Waals surface area (Å²) in [4.78, 5) is 11.9. The van der Waals surface area contributed by atoms with Crippen LogP contribution in [0.15, 0.2) is 18.2 Å². The fourth-order valence-corrected chi connectivity index (χ4v) is 2.38. The highest BCUT2D eigenvalue weighted by molar-refractivity contribution is 5.90. The van der Waals surface area contributed by atoms with E-state index in [1.54, 1.807) is 0 Å². The van der Waals surface area contributed by atoms with Crippen molar-refractivity contribution in [1.29, 1.82) is 0 Å². The first-order valence-electron chi connectivity index (χ1n) is 6.63. The molecule has 0 unspecified atom stereocenters. The van der Waals surface area contributed by atoms with Crippen molar-refractivity contribution in [3.8, 4) is 0 Å². The monoisotopic (exact) mass is 265 g/mol. The quantitative estimate of drug-likeness (QED) is 0.657. The smallest absolute Gasteiger partial charge is 0.338 e. The highest BCUT2D eigenvalue weighted by Crippen LogP contribution is 2.36. The number of ether oxygens (including phenoxy) is 1. The molecule has 0 aromatic heterocycles. The van der Waals surface area contributed by atoms with Gasteiger partial charge in [0.2, 0.25) is 0 Å². The SMILES string of the molecule is CC1(C)CCC(OC(=O)c2ccc(F)c(N)c2)CC1. The first-order valence-corrected chi connectivity index (χ1v) is 6.63. The van der Waals surface area contributed by atoms with Crippen LogP contribution in [0.2, 0.25) is 0 Å². The zero-order valence-electron chi connectivity index (χ0n) is 11.4. The first-order chi connectivity index (χ1) is 8.87. The van der Waals surface area contributed by atoms with E-state index in [9.17, 15) is 9.18 Å². The van der Waals surface area contributed by atoms with Crippen LogP contribution in [0, 0.1) is 11.2 Å². The van der Waals surface area contributed by atoms with Gasteiger partial charge in [0.1, 0.15) is 11.9 Å². The first kappa shape index (κ1) is 13.8. The van der Waals surface area contributed by atoms with Crippen LogP contribution in [-0.4, -0.2) is 12.1 Å². The predicted molar refractivity (Wildman–Crippen MR) is 72.3 cm³/mol. The van der Waals surface area contributed by atoms with Crippen molar-refractivity contribution in [3.05, 3.63) is 29.6 Å². The molecule has 1 saturated carbocycles. The molecule has 0 spiro atoms. The molecule has 0 bridgehead atoms. The molecule has 2 rings (SSSR count). The molecule has 4 heteroatoms. The Morgan fingerprint density at radius 1 is 1.37 bits per heavy atom. The van der Waals surface area contributed by atoms with Crippen molar-refractivity contribution < 1.29 is 13.9 Å². The molecule has 0 radical (unpaired) electrons. The zero-order valence-corrected chi connectivity index (χ0v) is 11.4. The Bertz CT molecular complexity index is 475. The van der Waals surface area contributed by atoms with Crippen LogP contribution in [0.4, 0.5) is 10.1 Å². The molecular weight excluding hydrogens is 245 g/mol. The van der Waals surface area contributed by atoms with Crippen LogP contribution < -0.4 is 5.73 Å². The second kappa shape index (κ2) is 5.19. The third kappa shape index (κ3) is 3.46. The summed E-state index contributed by atoms with van der Waals surface area (Å²) in [5, 5.41) is 0. The molecule has 1 aliphatic carbocycles. The maximum Gasteiger partial charge on any atom is 0.338 e. The predicted octanol–water partition coefficient (Wildman–Crippen LogP) is 3.53. The number of benzene rings is 1. The Hall–Kier alpha value is -1.58. The lowest BCUT2D eigenvalue weighted by Gasteiger charge is -2.33. The van der Waals surface area contributed by atoms with E-state index in [1.165, 1.54) is 18.2 Å². The molecule has 3 nitrogen and oxygen atoms in total. The third-order valence-electron chi connectivity index (χ3n) is 3.79. The van der Waals surface area contributed by atoms with Crippen LogP contribution in [-0.2, 0) is 4.74 Å². The van der Waals surface area contributed by atoms with Crippen LogP contribution in [0.5, 0.6) is 0 Å². The van der Waals surface area contributed by atoms with E-state index in [-0.39, 0.29) is 11.8 Å². The lowest BCUT2D eigenvalue weighted by atomic mass is 9.76. The summed E-state index contributed by atoms with van der Waals surface area (Å²) in [6, 6.07) is 3.92. The summed E-state index contributed by atoms with van der Waals surface area (Å²) in [5.74, 6) is -0.938. The summed E-state index contributed by atoms with van der Waals surface area (Å²) < 4.78 is 18.5. The number of nitrogen functional groups attached to an aromatic ring is 1. The van der Waals surface area contributed by atoms with E-state index in [0.717, 1.165) is 25.7 Å². The second-order valence-corrected chi connectivity index (χ2v) is 6.01. The number of halogens is 1. The molecule has 0 amide bonds. The van der Waals surface area contributed by atoms with Gasteiger partial charge in [0.05, 0.1) is 11.3 Å². The lowest BCUT2D eigenvalue weighted by Crippen LogP contribution is -2.28. The van der Waals surface area contributed by atoms with Gasteiger partial charge in [-0.2, -0.15) is 0 Å². The number of hydrogen-bond donors (Lipinski definition) is 1. The topological polar surface area (TPSA) is 52.3 Å². The molecule has 0 aliphatic heterocycles. The fourth-order valence-electron chi connectivity index (χ4n) is 2.38. The zero-order chi connectivity index (χ0) is 14.0. The van der Waals surface area contributed by atoms with Crippen LogP contribution in [0.3, 0.4) is 0 Å². The van der Waals surface area contributed by atoms with Gasteiger partial charge in [0.25, 0.3) is 0 Å². The Kier molecular flexibility index (Phi) is 3.78. The number of rotatable bonds is 2. The highest BCUT2D eigenvalue weighted by Gasteiger charge is 2.29. The maximum atomic E-state index is 13.0. The van der Waals surface area contributed by atoms with Gasteiger partial charge in [-0.25, -0.2) is 9.18 Å². The molecule has 0 saturated heterocycles. The summed E-state index contributed by atoms with van der Waals surface area (Å²) in [6.45, 7) is 4.46. The number of nitrogens with two attached hydrogens (primary N) is 1. The van der Waals surface area contributed by atoms with E-state index >= 15 is 0 Å². The summed E-state index contributed by atoms with van der Waals surface area (Å²) >= 11 is 0. The van der Waals surface area contributed by atoms with E-state index in [1.807, 2.05) is 0 Å². The van der Waals surface area contributed by atoms with Gasteiger partial charge in [-0.05, 0) is 49.3 Å². The Labute approximate surface area is 112 Å². The average Bonchev–Trinajstić information content (AvgIpc) is 2.35. The lowest BCUT2D eigenvalue weighted by molar-refractivity contribution is 0.00951. The highest BCUT2D eigenvalue weighted by atomic mass is 19.1. The minimum absolute atomic E-state index is 0.0285. The van der Waals surface area contributed by atoms with Crippen molar-refractivity contribution in [2.24, 2.45) is 5.41 Å². The normalized spacial score (nSPS) is 19.1. The maximum absolute atomic E-state index is 13.0. The van der Waals surface area contributed by atoms with Gasteiger partial charge in [0.15, 0.2) is 0 Å². The largest absolute Gasteiger partial charge is 0.459 e. The van der Waals surface area contributed by atoms with Crippen LogP contribution >= 0.6 is 0 Å². The van der Waals surface area contributed by atoms with E-state index < -0.39 is 11.8 Å². The molecule has 0 heterocycles. The number of carbonyl (C=O) groups excluding carboxylic acids is 1. The van der Waals surface area contributed by atoms with Crippen molar-refractivity contribution in [3.63, 3.8) is 0 Å². The van der Waals surface area contributed by atoms with Gasteiger partial charge in [0, 0.05) is 0 Å². The van der Waals surface area contributed by atoms with Gasteiger partial charge >= 0.3 is 5.97 Å². The summed E-state index contributed by atoms with van der Waals surface area (Å²) in [7, 11) is 0. The van der Waals surface area contributed by atoms with E-state index in [4.69, 9.17) is 10.5 Å². The average molecular weight is 265 g/mol. The molecule has 2 N–H and O–H groups in total. The molecular formula is C15H20FNO2. The molecule has 104 valence electrons. The van der Waals surface area contributed by atoms with Crippen LogP contribution in [0.25, 0.3) is 0 Å². The molecule has 1 aliphatic rings. The van der Waals surface area contributed by atoms with Gasteiger partial charge in [-0.15, -0.1) is 0 Å². The summed E-state index contributed by atoms with van der Waals surface area (Å²) in [5.41, 5.74) is 6.06. The van der Waals surface area contributed by atoms with Gasteiger partial charge in [-0.3, -0.25) is 0 Å². The molecule has 1 aromatic rings. The van der Waals surface area contributed by atoms with E-state index in [2.05, 4.69) is 13.8 Å². The standard InChI is InChI=1S/C15H20FNO2/c1-15(2)7-5-11(6-8-15)19-14(18)10-3-4-12(16)13(17)9-10/h3-4,9,11H,5-8,17H2,1-2H3. The number of hydrogen-bond acceptors (Lipinski definition) is 3. The van der Waals surface area contributed by atoms with Crippen LogP contribution in [0.1, 0.15) is 49.9 Å². The molecule has 19 heavy (non-hydrogen) atoms. The Morgan fingerprint density at radius 2 is 2.00 bits per heavy atom. The molecule has 0 atom stereocenters. The minimum Gasteiger partial charge on any atom is -0.459 e. The van der Waals surface area contributed by atoms with Gasteiger partial charge in [-0.1, -0.05) is 13.8 Å². The van der Waals surface area contributed by atoms with Crippen molar-refractivity contribution in [2.45, 2.75) is 45.6 Å². The third-order valence-corrected chi connectivity index (χ3v) is 3.79. The number of esters is 1. The summed E-state index contributed by atoms with van der Waals surface area (Å²) in [6.07, 6.45) is 3.84. The van der Waals surface area contributed by atoms with Gasteiger partial charge < -0.3 is 10.5 Å². The Morgan fingerprint density at radius 3 is 2.58 bits per heavy atom. The molecule has 1 aromatic carbocycles. The minimum atomic E-state index is -0.518. The Balaban J connectivity index is 1.96. The van der Waals surface area contributed by atoms with Crippen molar-refractivity contribution in [1.82, 2.24) is 0 Å². The van der Waals surface area contributed by atoms with Crippen molar-refractivity contribution in [2.75, 3.05) is 5.73 Å². The molecule has 1 fully saturated rings. The number of carbonyl (C=O) groups is 1. The van der Waals surface area contributed by atoms with Crippen molar-refractivity contribution >= 4 is 11.7 Å². The fraction of sp³-hybridized carbons (Fsp3) is 0.533. The second-order valence-electron chi connectivity index (χ2n) is 6.01. The van der Waals surface area contributed by atoms with E-state index in [0.29, 0.717) is 11.0 Å².